The zero-order valence-electron chi connectivity index (χ0n) is 10.5. The van der Waals surface area contributed by atoms with Gasteiger partial charge in [-0.2, -0.15) is 5.10 Å². The fraction of sp³-hybridized carbons (Fsp3) is 0.556. The van der Waals surface area contributed by atoms with Gasteiger partial charge in [0.15, 0.2) is 0 Å². The minimum atomic E-state index is -3.33. The molecule has 0 radical (unpaired) electrons. The topological polar surface area (TPSA) is 119 Å². The fourth-order valence-electron chi connectivity index (χ4n) is 1.43. The second-order valence-corrected chi connectivity index (χ2v) is 5.80. The highest BCUT2D eigenvalue weighted by molar-refractivity contribution is 7.89. The molecule has 18 heavy (non-hydrogen) atoms. The molecular weight excluding hydrogens is 258 g/mol. The van der Waals surface area contributed by atoms with E-state index in [9.17, 15) is 13.2 Å². The predicted octanol–water partition coefficient (Wildman–Crippen LogP) is -1.41. The zero-order chi connectivity index (χ0) is 13.9. The lowest BCUT2D eigenvalue weighted by molar-refractivity contribution is 0.0947. The third kappa shape index (κ3) is 3.20. The molecule has 9 heteroatoms. The van der Waals surface area contributed by atoms with E-state index in [1.54, 1.807) is 14.0 Å². The standard InChI is InChI=1S/C9H17N5O3S/c1-6-7(10)8(14(3)13-6)9(15)12-4-5-18(16,17)11-2/h11H,4-5,10H2,1-3H3,(H,12,15). The molecule has 0 fully saturated rings. The molecule has 4 N–H and O–H groups in total. The molecule has 1 aromatic heterocycles. The molecule has 8 nitrogen and oxygen atoms in total. The number of hydrogen-bond donors (Lipinski definition) is 3. The first-order chi connectivity index (χ1) is 8.28. The van der Waals surface area contributed by atoms with Crippen LogP contribution < -0.4 is 15.8 Å². The van der Waals surface area contributed by atoms with Gasteiger partial charge in [-0.25, -0.2) is 13.1 Å². The second kappa shape index (κ2) is 5.36. The van der Waals surface area contributed by atoms with Gasteiger partial charge in [0.25, 0.3) is 5.91 Å². The van der Waals surface area contributed by atoms with Crippen LogP contribution in [-0.2, 0) is 17.1 Å². The number of rotatable bonds is 5. The van der Waals surface area contributed by atoms with Gasteiger partial charge in [-0.05, 0) is 14.0 Å². The molecule has 1 rings (SSSR count). The maximum atomic E-state index is 11.8. The molecule has 0 aliphatic carbocycles. The third-order valence-corrected chi connectivity index (χ3v) is 3.81. The summed E-state index contributed by atoms with van der Waals surface area (Å²) in [6.45, 7) is 1.70. The molecule has 0 aromatic carbocycles. The van der Waals surface area contributed by atoms with Crippen molar-refractivity contribution in [2.45, 2.75) is 6.92 Å². The van der Waals surface area contributed by atoms with Crippen LogP contribution in [0.25, 0.3) is 0 Å². The van der Waals surface area contributed by atoms with Gasteiger partial charge < -0.3 is 11.1 Å². The molecule has 0 atom stereocenters. The van der Waals surface area contributed by atoms with Crippen LogP contribution in [-0.4, -0.2) is 43.5 Å². The van der Waals surface area contributed by atoms with Crippen molar-refractivity contribution in [3.05, 3.63) is 11.4 Å². The molecule has 0 unspecified atom stereocenters. The molecule has 1 amide bonds. The van der Waals surface area contributed by atoms with E-state index in [-0.39, 0.29) is 18.0 Å². The van der Waals surface area contributed by atoms with Crippen LogP contribution in [0.2, 0.25) is 0 Å². The van der Waals surface area contributed by atoms with Gasteiger partial charge in [0.1, 0.15) is 5.69 Å². The Labute approximate surface area is 106 Å². The van der Waals surface area contributed by atoms with E-state index in [1.165, 1.54) is 11.7 Å². The number of sulfonamides is 1. The summed E-state index contributed by atoms with van der Waals surface area (Å²) < 4.78 is 25.8. The lowest BCUT2D eigenvalue weighted by Gasteiger charge is -2.06. The van der Waals surface area contributed by atoms with Crippen molar-refractivity contribution in [3.63, 3.8) is 0 Å². The molecule has 0 aliphatic rings. The quantitative estimate of drug-likeness (QED) is 0.610. The van der Waals surface area contributed by atoms with E-state index < -0.39 is 15.9 Å². The monoisotopic (exact) mass is 275 g/mol. The lowest BCUT2D eigenvalue weighted by atomic mass is 10.3. The summed E-state index contributed by atoms with van der Waals surface area (Å²) in [6, 6.07) is 0. The number of aryl methyl sites for hydroxylation is 2. The Balaban J connectivity index is 2.67. The number of nitrogens with zero attached hydrogens (tertiary/aromatic N) is 2. The van der Waals surface area contributed by atoms with Gasteiger partial charge in [0.05, 0.1) is 17.1 Å². The smallest absolute Gasteiger partial charge is 0.271 e. The number of nitrogen functional groups attached to an aromatic ring is 1. The molecule has 1 heterocycles. The van der Waals surface area contributed by atoms with Gasteiger partial charge in [-0.15, -0.1) is 0 Å². The van der Waals surface area contributed by atoms with Crippen LogP contribution in [0.1, 0.15) is 16.2 Å². The summed E-state index contributed by atoms with van der Waals surface area (Å²) in [5.74, 6) is -0.631. The Morgan fingerprint density at radius 1 is 1.50 bits per heavy atom. The van der Waals surface area contributed by atoms with E-state index >= 15 is 0 Å². The molecule has 0 saturated heterocycles. The van der Waals surface area contributed by atoms with Crippen LogP contribution in [0.3, 0.4) is 0 Å². The van der Waals surface area contributed by atoms with Gasteiger partial charge >= 0.3 is 0 Å². The van der Waals surface area contributed by atoms with E-state index in [4.69, 9.17) is 5.73 Å². The molecule has 0 bridgehead atoms. The van der Waals surface area contributed by atoms with Crippen molar-refractivity contribution in [2.24, 2.45) is 7.05 Å². The van der Waals surface area contributed by atoms with E-state index in [1.807, 2.05) is 0 Å². The number of amides is 1. The van der Waals surface area contributed by atoms with Crippen LogP contribution in [0.15, 0.2) is 0 Å². The Bertz CT molecular complexity index is 549. The van der Waals surface area contributed by atoms with Gasteiger partial charge in [0.2, 0.25) is 10.0 Å². The number of anilines is 1. The molecule has 0 aliphatic heterocycles. The van der Waals surface area contributed by atoms with Crippen molar-refractivity contribution in [2.75, 3.05) is 25.1 Å². The van der Waals surface area contributed by atoms with Crippen molar-refractivity contribution < 1.29 is 13.2 Å². The molecule has 102 valence electrons. The van der Waals surface area contributed by atoms with Gasteiger partial charge in [-0.1, -0.05) is 0 Å². The average molecular weight is 275 g/mol. The maximum Gasteiger partial charge on any atom is 0.271 e. The van der Waals surface area contributed by atoms with Crippen LogP contribution in [0.4, 0.5) is 5.69 Å². The first kappa shape index (κ1) is 14.5. The van der Waals surface area contributed by atoms with Crippen LogP contribution >= 0.6 is 0 Å². The van der Waals surface area contributed by atoms with Crippen molar-refractivity contribution >= 4 is 21.6 Å². The van der Waals surface area contributed by atoms with Crippen molar-refractivity contribution in [1.82, 2.24) is 19.8 Å². The Kier molecular flexibility index (Phi) is 4.30. The third-order valence-electron chi connectivity index (χ3n) is 2.45. The maximum absolute atomic E-state index is 11.8. The SMILES string of the molecule is CNS(=O)(=O)CCNC(=O)c1c(N)c(C)nn1C. The second-order valence-electron chi connectivity index (χ2n) is 3.75. The summed E-state index contributed by atoms with van der Waals surface area (Å²) in [7, 11) is -0.412. The lowest BCUT2D eigenvalue weighted by Crippen LogP contribution is -2.34. The first-order valence-electron chi connectivity index (χ1n) is 5.27. The fourth-order valence-corrected chi connectivity index (χ4v) is 2.00. The first-order valence-corrected chi connectivity index (χ1v) is 6.92. The predicted molar refractivity (Wildman–Crippen MR) is 67.5 cm³/mol. The minimum absolute atomic E-state index is 0.00563. The number of carbonyl (C=O) groups excluding carboxylic acids is 1. The summed E-state index contributed by atoms with van der Waals surface area (Å²) in [5, 5.41) is 6.49. The average Bonchev–Trinajstić information content (AvgIpc) is 2.53. The van der Waals surface area contributed by atoms with Crippen molar-refractivity contribution in [1.29, 1.82) is 0 Å². The molecular formula is C9H17N5O3S. The molecule has 0 saturated carbocycles. The van der Waals surface area contributed by atoms with E-state index in [0.29, 0.717) is 11.4 Å². The number of nitrogens with one attached hydrogen (secondary N) is 2. The molecule has 1 aromatic rings. The normalized spacial score (nSPS) is 11.5. The summed E-state index contributed by atoms with van der Waals surface area (Å²) in [6.07, 6.45) is 0. The van der Waals surface area contributed by atoms with Gasteiger partial charge in [-0.3, -0.25) is 9.48 Å². The largest absolute Gasteiger partial charge is 0.395 e. The number of aromatic nitrogens is 2. The van der Waals surface area contributed by atoms with Crippen molar-refractivity contribution in [3.8, 4) is 0 Å². The number of carbonyl (C=O) groups is 1. The van der Waals surface area contributed by atoms with Crippen LogP contribution in [0.5, 0.6) is 0 Å². The van der Waals surface area contributed by atoms with Crippen LogP contribution in [0, 0.1) is 6.92 Å². The summed E-state index contributed by atoms with van der Waals surface area (Å²) in [4.78, 5) is 11.8. The minimum Gasteiger partial charge on any atom is -0.395 e. The Hall–Kier alpha value is -1.61. The number of hydrogen-bond acceptors (Lipinski definition) is 5. The van der Waals surface area contributed by atoms with E-state index in [0.717, 1.165) is 0 Å². The highest BCUT2D eigenvalue weighted by Gasteiger charge is 2.18. The molecule has 0 spiro atoms. The van der Waals surface area contributed by atoms with Gasteiger partial charge in [0, 0.05) is 13.6 Å². The Morgan fingerprint density at radius 3 is 2.56 bits per heavy atom. The summed E-state index contributed by atoms with van der Waals surface area (Å²) in [5.41, 5.74) is 6.80. The summed E-state index contributed by atoms with van der Waals surface area (Å²) >= 11 is 0. The number of nitrogens with two attached hydrogens (primary N) is 1. The zero-order valence-corrected chi connectivity index (χ0v) is 11.3. The van der Waals surface area contributed by atoms with E-state index in [2.05, 4.69) is 15.1 Å². The highest BCUT2D eigenvalue weighted by atomic mass is 32.2. The Morgan fingerprint density at radius 2 is 2.11 bits per heavy atom. The highest BCUT2D eigenvalue weighted by Crippen LogP contribution is 2.14.